The van der Waals surface area contributed by atoms with Crippen LogP contribution in [-0.4, -0.2) is 98.8 Å². The molecular formula is C48H54N4O12S. The Kier molecular flexibility index (Phi) is 11.9. The Bertz CT molecular complexity index is 2540. The fourth-order valence-electron chi connectivity index (χ4n) is 11.1. The van der Waals surface area contributed by atoms with Crippen LogP contribution in [0.3, 0.4) is 0 Å². The lowest BCUT2D eigenvalue weighted by Gasteiger charge is -2.62. The third kappa shape index (κ3) is 7.06. The van der Waals surface area contributed by atoms with Gasteiger partial charge in [0.2, 0.25) is 6.79 Å². The average Bonchev–Trinajstić information content (AvgIpc) is 3.77. The molecule has 7 aliphatic rings. The van der Waals surface area contributed by atoms with Crippen LogP contribution in [-0.2, 0) is 42.3 Å². The van der Waals surface area contributed by atoms with Gasteiger partial charge in [0, 0.05) is 66.4 Å². The van der Waals surface area contributed by atoms with Gasteiger partial charge in [-0.15, -0.1) is 11.8 Å². The van der Waals surface area contributed by atoms with Crippen molar-refractivity contribution in [3.05, 3.63) is 62.7 Å². The molecule has 0 aliphatic carbocycles. The summed E-state index contributed by atoms with van der Waals surface area (Å²) in [6.45, 7) is 9.01. The highest BCUT2D eigenvalue weighted by atomic mass is 32.2. The Morgan fingerprint density at radius 1 is 0.908 bits per heavy atom. The van der Waals surface area contributed by atoms with Gasteiger partial charge < -0.3 is 37.9 Å². The highest BCUT2D eigenvalue weighted by molar-refractivity contribution is 7.99. The number of likely N-dealkylation sites (N-methyl/N-ethyl adjacent to an activating group) is 1. The largest absolute Gasteiger partial charge is 0.493 e. The summed E-state index contributed by atoms with van der Waals surface area (Å²) in [6, 6.07) is 5.24. The molecule has 0 saturated carbocycles. The van der Waals surface area contributed by atoms with Crippen LogP contribution in [0, 0.1) is 25.2 Å². The van der Waals surface area contributed by atoms with Crippen LogP contribution in [0.15, 0.2) is 18.2 Å². The normalized spacial score (nSPS) is 26.1. The first-order valence-corrected chi connectivity index (χ1v) is 23.3. The summed E-state index contributed by atoms with van der Waals surface area (Å²) < 4.78 is 49.1. The van der Waals surface area contributed by atoms with Crippen molar-refractivity contribution in [3.8, 4) is 46.3 Å². The van der Waals surface area contributed by atoms with Crippen LogP contribution in [0.4, 0.5) is 0 Å². The maximum atomic E-state index is 15.1. The van der Waals surface area contributed by atoms with Crippen LogP contribution in [0.2, 0.25) is 0 Å². The van der Waals surface area contributed by atoms with E-state index in [2.05, 4.69) is 27.3 Å². The van der Waals surface area contributed by atoms with Crippen molar-refractivity contribution in [1.29, 1.82) is 5.26 Å². The van der Waals surface area contributed by atoms with Crippen molar-refractivity contribution >= 4 is 35.6 Å². The minimum absolute atomic E-state index is 0.0874. The van der Waals surface area contributed by atoms with Crippen LogP contribution in [0.1, 0.15) is 108 Å². The number of thioether (sulfide) groups is 1. The number of nitriles is 1. The zero-order valence-electron chi connectivity index (χ0n) is 37.9. The molecule has 65 heavy (non-hydrogen) atoms. The van der Waals surface area contributed by atoms with Crippen molar-refractivity contribution in [3.63, 3.8) is 0 Å². The van der Waals surface area contributed by atoms with E-state index in [1.807, 2.05) is 34.7 Å². The standard InChI is InChI=1S/C48H54N4O12S/c1-9-11-34(54)63-33-17-26-13-14-50-48(28(26)18-32(33)57-7)21-65-46-38-37(44-43(60-22-61-44)24(4)42(38)62-25(5)53)31(20-59-47(48)56)52-30(19-49)29-16-27-15-23(3)41(58-8)45(64-35(55)12-10-2)36(27)39(40(46)52)51(29)6/h15,17-18,29-31,39-40,46,50H,9-14,16,20-22H2,1-8H3/t29?,30-,31-,39+,40?,46+,48+/m0/s1. The molecule has 2 fully saturated rings. The highest BCUT2D eigenvalue weighted by Crippen LogP contribution is 2.65. The second kappa shape index (κ2) is 17.4. The number of methoxy groups -OCH3 is 2. The second-order valence-electron chi connectivity index (χ2n) is 17.5. The number of carbonyl (C=O) groups is 4. The van der Waals surface area contributed by atoms with Gasteiger partial charge in [0.1, 0.15) is 18.4 Å². The lowest BCUT2D eigenvalue weighted by molar-refractivity contribution is -0.157. The van der Waals surface area contributed by atoms with E-state index < -0.39 is 58.8 Å². The van der Waals surface area contributed by atoms with Crippen molar-refractivity contribution < 1.29 is 57.1 Å². The summed E-state index contributed by atoms with van der Waals surface area (Å²) in [5, 5.41) is 14.3. The summed E-state index contributed by atoms with van der Waals surface area (Å²) in [5.74, 6) is 0.731. The van der Waals surface area contributed by atoms with Crippen LogP contribution in [0.25, 0.3) is 0 Å². The monoisotopic (exact) mass is 910 g/mol. The topological polar surface area (TPSA) is 184 Å². The van der Waals surface area contributed by atoms with Crippen molar-refractivity contribution in [2.24, 2.45) is 0 Å². The van der Waals surface area contributed by atoms with Gasteiger partial charge in [0.25, 0.3) is 0 Å². The molecule has 17 heteroatoms. The number of benzene rings is 3. The van der Waals surface area contributed by atoms with Crippen molar-refractivity contribution in [2.75, 3.05) is 47.0 Å². The molecule has 4 bridgehead atoms. The Morgan fingerprint density at radius 3 is 2.34 bits per heavy atom. The van der Waals surface area contributed by atoms with Gasteiger partial charge in [-0.1, -0.05) is 19.9 Å². The number of hydrogen-bond acceptors (Lipinski definition) is 17. The molecule has 1 N–H and O–H groups in total. The van der Waals surface area contributed by atoms with Crippen LogP contribution >= 0.6 is 11.8 Å². The summed E-state index contributed by atoms with van der Waals surface area (Å²) >= 11 is 1.47. The number of aryl methyl sites for hydroxylation is 1. The smallest absolute Gasteiger partial charge is 0.331 e. The van der Waals surface area contributed by atoms with Crippen molar-refractivity contribution in [2.45, 2.75) is 114 Å². The van der Waals surface area contributed by atoms with Gasteiger partial charge in [0.15, 0.2) is 40.0 Å². The number of nitrogens with zero attached hydrogens (tertiary/aromatic N) is 3. The number of esters is 4. The van der Waals surface area contributed by atoms with Gasteiger partial charge in [-0.2, -0.15) is 5.26 Å². The molecular weight excluding hydrogens is 857 g/mol. The van der Waals surface area contributed by atoms with Crippen LogP contribution < -0.4 is 38.5 Å². The molecule has 0 radical (unpaired) electrons. The third-order valence-electron chi connectivity index (χ3n) is 13.7. The molecule has 10 rings (SSSR count). The molecule has 2 unspecified atom stereocenters. The van der Waals surface area contributed by atoms with Gasteiger partial charge in [-0.25, -0.2) is 4.79 Å². The predicted molar refractivity (Wildman–Crippen MR) is 236 cm³/mol. The van der Waals surface area contributed by atoms with E-state index in [9.17, 15) is 19.6 Å². The SMILES string of the molecule is CCCC(=O)Oc1cc2c(cc1OC)[C@@]1(CS[C@@H]3c4c(OC(C)=O)c(C)c5c(c4[C@H](COC1=O)N1C3[C@H]3c4c(cc(C)c(OC)c4OC(=O)CCC)CC([C@@H]1C#N)N3C)OCO5)NCC2. The zero-order chi connectivity index (χ0) is 46.1. The van der Waals surface area contributed by atoms with E-state index in [0.717, 1.165) is 22.3 Å². The van der Waals surface area contributed by atoms with E-state index in [1.54, 1.807) is 19.2 Å². The number of carbonyl (C=O) groups excluding carboxylic acids is 4. The lowest BCUT2D eigenvalue weighted by Crippen LogP contribution is -2.69. The molecule has 2 saturated heterocycles. The first kappa shape index (κ1) is 44.7. The molecule has 1 spiro atoms. The number of piperazine rings is 1. The van der Waals surface area contributed by atoms with Crippen LogP contribution in [0.5, 0.6) is 40.2 Å². The molecule has 3 aromatic rings. The van der Waals surface area contributed by atoms with Crippen molar-refractivity contribution in [1.82, 2.24) is 15.1 Å². The minimum Gasteiger partial charge on any atom is -0.493 e. The predicted octanol–water partition coefficient (Wildman–Crippen LogP) is 5.99. The zero-order valence-corrected chi connectivity index (χ0v) is 38.7. The Hall–Kier alpha value is -5.54. The fraction of sp³-hybridized carbons (Fsp3) is 0.521. The molecule has 7 atom stereocenters. The maximum absolute atomic E-state index is 15.1. The molecule has 0 aromatic heterocycles. The first-order chi connectivity index (χ1) is 31.3. The van der Waals surface area contributed by atoms with E-state index >= 15 is 4.79 Å². The summed E-state index contributed by atoms with van der Waals surface area (Å²) in [5.41, 5.74) is 4.32. The lowest BCUT2D eigenvalue weighted by atomic mass is 9.71. The molecule has 344 valence electrons. The average molecular weight is 911 g/mol. The minimum atomic E-state index is -1.43. The molecule has 16 nitrogen and oxygen atoms in total. The van der Waals surface area contributed by atoms with Gasteiger partial charge >= 0.3 is 23.9 Å². The van der Waals surface area contributed by atoms with Gasteiger partial charge in [-0.3, -0.25) is 29.5 Å². The first-order valence-electron chi connectivity index (χ1n) is 22.2. The van der Waals surface area contributed by atoms with Gasteiger partial charge in [0.05, 0.1) is 37.6 Å². The highest BCUT2D eigenvalue weighted by Gasteiger charge is 2.62. The van der Waals surface area contributed by atoms with E-state index in [4.69, 9.17) is 37.9 Å². The molecule has 7 aliphatic heterocycles. The summed E-state index contributed by atoms with van der Waals surface area (Å²) in [7, 11) is 5.04. The quantitative estimate of drug-likeness (QED) is 0.195. The Balaban J connectivity index is 1.30. The third-order valence-corrected chi connectivity index (χ3v) is 15.2. The molecule has 0 amide bonds. The second-order valence-corrected chi connectivity index (χ2v) is 18.6. The Labute approximate surface area is 382 Å². The summed E-state index contributed by atoms with van der Waals surface area (Å²) in [6.07, 6.45) is 2.61. The van der Waals surface area contributed by atoms with E-state index in [-0.39, 0.29) is 49.5 Å². The molecule has 3 aromatic carbocycles. The number of nitrogens with one attached hydrogen (secondary N) is 1. The number of fused-ring (bicyclic) bond motifs is 9. The Morgan fingerprint density at radius 2 is 1.65 bits per heavy atom. The number of hydrogen-bond donors (Lipinski definition) is 1. The number of ether oxygens (including phenoxy) is 8. The fourth-order valence-corrected chi connectivity index (χ4v) is 12.8. The van der Waals surface area contributed by atoms with E-state index in [1.165, 1.54) is 25.8 Å². The maximum Gasteiger partial charge on any atom is 0.331 e. The number of rotatable bonds is 9. The summed E-state index contributed by atoms with van der Waals surface area (Å²) in [4.78, 5) is 58.9. The van der Waals surface area contributed by atoms with Gasteiger partial charge in [-0.05, 0) is 81.0 Å². The van der Waals surface area contributed by atoms with E-state index in [0.29, 0.717) is 83.2 Å². The molecule has 7 heterocycles.